The molecule has 1 N–H and O–H groups in total. The zero-order valence-electron chi connectivity index (χ0n) is 17.6. The number of aromatic nitrogens is 1. The molecule has 0 bridgehead atoms. The zero-order chi connectivity index (χ0) is 22.9. The van der Waals surface area contributed by atoms with Crippen LogP contribution in [0, 0.1) is 6.92 Å². The van der Waals surface area contributed by atoms with Gasteiger partial charge in [-0.05, 0) is 44.0 Å². The number of piperidine rings is 1. The van der Waals surface area contributed by atoms with Gasteiger partial charge in [0.2, 0.25) is 20.0 Å². The quantitative estimate of drug-likeness (QED) is 0.551. The van der Waals surface area contributed by atoms with E-state index in [1.165, 1.54) is 8.87 Å². The number of benzene rings is 2. The molecule has 1 aliphatic rings. The predicted molar refractivity (Wildman–Crippen MR) is 120 cm³/mol. The summed E-state index contributed by atoms with van der Waals surface area (Å²) in [5.41, 5.74) is 1.93. The average Bonchev–Trinajstić information content (AvgIpc) is 3.08. The van der Waals surface area contributed by atoms with Crippen molar-refractivity contribution < 1.29 is 21.3 Å². The smallest absolute Gasteiger partial charge is 0.408 e. The summed E-state index contributed by atoms with van der Waals surface area (Å²) in [5, 5.41) is 0. The van der Waals surface area contributed by atoms with Crippen molar-refractivity contribution in [2.24, 2.45) is 0 Å². The number of hydrogen-bond donors (Lipinski definition) is 1. The van der Waals surface area contributed by atoms with Crippen LogP contribution >= 0.6 is 0 Å². The molecule has 0 amide bonds. The second-order valence-electron chi connectivity index (χ2n) is 7.92. The van der Waals surface area contributed by atoms with Crippen LogP contribution in [0.1, 0.15) is 18.4 Å². The first-order valence-corrected chi connectivity index (χ1v) is 13.4. The Kier molecular flexibility index (Phi) is 6.26. The van der Waals surface area contributed by atoms with Crippen molar-refractivity contribution in [1.29, 1.82) is 0 Å². The Bertz CT molecular complexity index is 1370. The fourth-order valence-electron chi connectivity index (χ4n) is 3.82. The maximum Gasteiger partial charge on any atom is 0.419 e. The van der Waals surface area contributed by atoms with Crippen molar-refractivity contribution >= 4 is 31.1 Å². The van der Waals surface area contributed by atoms with Crippen LogP contribution in [0.15, 0.2) is 62.6 Å². The lowest BCUT2D eigenvalue weighted by atomic mass is 10.1. The maximum absolute atomic E-state index is 12.8. The number of aryl methyl sites for hydroxylation is 2. The van der Waals surface area contributed by atoms with Gasteiger partial charge in [-0.1, -0.05) is 29.8 Å². The topological polar surface area (TPSA) is 119 Å². The zero-order valence-corrected chi connectivity index (χ0v) is 19.2. The van der Waals surface area contributed by atoms with E-state index in [0.29, 0.717) is 23.9 Å². The van der Waals surface area contributed by atoms with Crippen LogP contribution in [-0.2, 0) is 26.6 Å². The van der Waals surface area contributed by atoms with E-state index in [0.717, 1.165) is 5.56 Å². The highest BCUT2D eigenvalue weighted by molar-refractivity contribution is 7.89. The first kappa shape index (κ1) is 22.7. The summed E-state index contributed by atoms with van der Waals surface area (Å²) in [6, 6.07) is 13.1. The molecule has 1 fully saturated rings. The molecular weight excluding hydrogens is 454 g/mol. The van der Waals surface area contributed by atoms with Crippen LogP contribution in [0.25, 0.3) is 11.1 Å². The Morgan fingerprint density at radius 2 is 1.66 bits per heavy atom. The van der Waals surface area contributed by atoms with Crippen LogP contribution in [-0.4, -0.2) is 50.6 Å². The SMILES string of the molecule is Cc1ccc(S(=O)(=O)N2CCC(NS(=O)(=O)CCn3c(=O)oc4ccccc43)CC2)cc1. The molecule has 32 heavy (non-hydrogen) atoms. The van der Waals surface area contributed by atoms with E-state index in [1.807, 2.05) is 6.92 Å². The van der Waals surface area contributed by atoms with Crippen LogP contribution < -0.4 is 10.5 Å². The number of fused-ring (bicyclic) bond motifs is 1. The molecule has 11 heteroatoms. The second kappa shape index (κ2) is 8.81. The molecule has 0 radical (unpaired) electrons. The van der Waals surface area contributed by atoms with Gasteiger partial charge in [0.25, 0.3) is 0 Å². The van der Waals surface area contributed by atoms with Gasteiger partial charge in [0.15, 0.2) is 5.58 Å². The number of sulfonamides is 2. The highest BCUT2D eigenvalue weighted by atomic mass is 32.2. The maximum atomic E-state index is 12.8. The van der Waals surface area contributed by atoms with Gasteiger partial charge in [0.1, 0.15) is 0 Å². The normalized spacial score (nSPS) is 16.5. The molecule has 3 aromatic rings. The summed E-state index contributed by atoms with van der Waals surface area (Å²) in [4.78, 5) is 12.3. The van der Waals surface area contributed by atoms with Gasteiger partial charge in [-0.15, -0.1) is 0 Å². The Hall–Kier alpha value is -2.47. The van der Waals surface area contributed by atoms with Crippen LogP contribution in [0.2, 0.25) is 0 Å². The second-order valence-corrected chi connectivity index (χ2v) is 11.7. The number of rotatable bonds is 7. The van der Waals surface area contributed by atoms with Gasteiger partial charge in [0.05, 0.1) is 16.2 Å². The molecule has 0 spiro atoms. The van der Waals surface area contributed by atoms with Crippen molar-refractivity contribution in [3.63, 3.8) is 0 Å². The molecule has 1 aliphatic heterocycles. The lowest BCUT2D eigenvalue weighted by Gasteiger charge is -2.31. The lowest BCUT2D eigenvalue weighted by Crippen LogP contribution is -2.47. The summed E-state index contributed by atoms with van der Waals surface area (Å²) in [6.45, 7) is 2.32. The predicted octanol–water partition coefficient (Wildman–Crippen LogP) is 1.68. The number of para-hydroxylation sites is 2. The van der Waals surface area contributed by atoms with Crippen molar-refractivity contribution in [3.05, 3.63) is 64.6 Å². The fraction of sp³-hybridized carbons (Fsp3) is 0.381. The van der Waals surface area contributed by atoms with E-state index < -0.39 is 25.8 Å². The first-order chi connectivity index (χ1) is 15.2. The minimum atomic E-state index is -3.67. The largest absolute Gasteiger partial charge is 0.419 e. The van der Waals surface area contributed by atoms with Gasteiger partial charge in [-0.2, -0.15) is 4.31 Å². The molecule has 1 saturated heterocycles. The molecule has 2 heterocycles. The fourth-order valence-corrected chi connectivity index (χ4v) is 6.58. The van der Waals surface area contributed by atoms with E-state index in [1.54, 1.807) is 48.5 Å². The Morgan fingerprint density at radius 1 is 1.00 bits per heavy atom. The Labute approximate surface area is 186 Å². The van der Waals surface area contributed by atoms with E-state index in [4.69, 9.17) is 4.42 Å². The molecule has 0 saturated carbocycles. The third kappa shape index (κ3) is 4.80. The number of oxazole rings is 1. The standard InChI is InChI=1S/C21H25N3O6S2/c1-16-6-8-18(9-7-16)32(28,29)23-12-10-17(11-13-23)22-31(26,27)15-14-24-19-4-2-3-5-20(19)30-21(24)25/h2-9,17,22H,10-15H2,1H3. The van der Waals surface area contributed by atoms with E-state index >= 15 is 0 Å². The van der Waals surface area contributed by atoms with Gasteiger partial charge < -0.3 is 4.42 Å². The van der Waals surface area contributed by atoms with Crippen molar-refractivity contribution in [1.82, 2.24) is 13.6 Å². The molecule has 9 nitrogen and oxygen atoms in total. The summed E-state index contributed by atoms with van der Waals surface area (Å²) < 4.78 is 61.3. The third-order valence-corrected chi connectivity index (χ3v) is 8.94. The Balaban J connectivity index is 1.35. The first-order valence-electron chi connectivity index (χ1n) is 10.3. The molecule has 0 atom stereocenters. The summed E-state index contributed by atoms with van der Waals surface area (Å²) in [5.74, 6) is -0.880. The minimum Gasteiger partial charge on any atom is -0.408 e. The number of nitrogens with one attached hydrogen (secondary N) is 1. The summed E-state index contributed by atoms with van der Waals surface area (Å²) >= 11 is 0. The van der Waals surface area contributed by atoms with Gasteiger partial charge in [-0.3, -0.25) is 4.57 Å². The lowest BCUT2D eigenvalue weighted by molar-refractivity contribution is 0.308. The molecular formula is C21H25N3O6S2. The van der Waals surface area contributed by atoms with E-state index in [2.05, 4.69) is 4.72 Å². The van der Waals surface area contributed by atoms with Crippen molar-refractivity contribution in [3.8, 4) is 0 Å². The van der Waals surface area contributed by atoms with Crippen molar-refractivity contribution in [2.75, 3.05) is 18.8 Å². The van der Waals surface area contributed by atoms with Gasteiger partial charge in [0, 0.05) is 25.7 Å². The van der Waals surface area contributed by atoms with E-state index in [-0.39, 0.29) is 36.3 Å². The monoisotopic (exact) mass is 479 g/mol. The average molecular weight is 480 g/mol. The molecule has 2 aromatic carbocycles. The third-order valence-electron chi connectivity index (χ3n) is 5.62. The minimum absolute atomic E-state index is 0.0359. The van der Waals surface area contributed by atoms with Crippen LogP contribution in [0.3, 0.4) is 0 Å². The van der Waals surface area contributed by atoms with Gasteiger partial charge >= 0.3 is 5.76 Å². The summed E-state index contributed by atoms with van der Waals surface area (Å²) in [6.07, 6.45) is 0.748. The van der Waals surface area contributed by atoms with E-state index in [9.17, 15) is 21.6 Å². The highest BCUT2D eigenvalue weighted by Gasteiger charge is 2.31. The Morgan fingerprint density at radius 3 is 2.34 bits per heavy atom. The molecule has 0 aliphatic carbocycles. The van der Waals surface area contributed by atoms with Crippen molar-refractivity contribution in [2.45, 2.75) is 37.2 Å². The summed E-state index contributed by atoms with van der Waals surface area (Å²) in [7, 11) is -7.28. The molecule has 4 rings (SSSR count). The molecule has 172 valence electrons. The molecule has 0 unspecified atom stereocenters. The van der Waals surface area contributed by atoms with Crippen LogP contribution in [0.5, 0.6) is 0 Å². The van der Waals surface area contributed by atoms with Crippen LogP contribution in [0.4, 0.5) is 0 Å². The molecule has 1 aromatic heterocycles. The highest BCUT2D eigenvalue weighted by Crippen LogP contribution is 2.21. The number of nitrogens with zero attached hydrogens (tertiary/aromatic N) is 2. The van der Waals surface area contributed by atoms with Gasteiger partial charge in [-0.25, -0.2) is 26.4 Å². The number of hydrogen-bond acceptors (Lipinski definition) is 6.